The molecule has 0 unspecified atom stereocenters. The molecular formula is C26H26N2O8S. The number of amides is 1. The molecule has 6 atom stereocenters. The minimum atomic E-state index is -2.93. The van der Waals surface area contributed by atoms with Crippen LogP contribution in [0.3, 0.4) is 0 Å². The van der Waals surface area contributed by atoms with Gasteiger partial charge >= 0.3 is 0 Å². The number of thiophene rings is 1. The van der Waals surface area contributed by atoms with Crippen molar-refractivity contribution in [1.29, 1.82) is 0 Å². The Hall–Kier alpha value is -3.51. The molecule has 1 heterocycles. The number of carbonyl (C=O) groups is 3. The van der Waals surface area contributed by atoms with Crippen LogP contribution in [0.15, 0.2) is 46.6 Å². The Bertz CT molecular complexity index is 1430. The average molecular weight is 527 g/mol. The van der Waals surface area contributed by atoms with Gasteiger partial charge in [0.1, 0.15) is 22.8 Å². The van der Waals surface area contributed by atoms with Crippen LogP contribution in [0.25, 0.3) is 16.2 Å². The zero-order chi connectivity index (χ0) is 27.1. The quantitative estimate of drug-likeness (QED) is 0.320. The zero-order valence-corrected chi connectivity index (χ0v) is 21.0. The molecule has 0 spiro atoms. The Morgan fingerprint density at radius 1 is 1.14 bits per heavy atom. The largest absolute Gasteiger partial charge is 0.508 e. The molecule has 7 N–H and O–H groups in total. The van der Waals surface area contributed by atoms with Crippen LogP contribution in [0.2, 0.25) is 0 Å². The van der Waals surface area contributed by atoms with E-state index in [2.05, 4.69) is 0 Å². The van der Waals surface area contributed by atoms with Crippen molar-refractivity contribution in [1.82, 2.24) is 4.90 Å². The summed E-state index contributed by atoms with van der Waals surface area (Å²) in [7, 11) is 2.93. The molecule has 5 rings (SSSR count). The van der Waals surface area contributed by atoms with E-state index in [4.69, 9.17) is 5.73 Å². The van der Waals surface area contributed by atoms with E-state index in [1.54, 1.807) is 31.2 Å². The molecule has 0 saturated heterocycles. The Labute approximate surface area is 215 Å². The molecule has 2 aromatic rings. The average Bonchev–Trinajstić information content (AvgIpc) is 3.35. The van der Waals surface area contributed by atoms with E-state index in [1.165, 1.54) is 30.3 Å². The molecule has 194 valence electrons. The van der Waals surface area contributed by atoms with E-state index in [0.29, 0.717) is 16.0 Å². The minimum Gasteiger partial charge on any atom is -0.508 e. The van der Waals surface area contributed by atoms with Gasteiger partial charge in [0, 0.05) is 21.9 Å². The van der Waals surface area contributed by atoms with Gasteiger partial charge in [-0.15, -0.1) is 11.3 Å². The third-order valence-electron chi connectivity index (χ3n) is 7.92. The molecule has 0 radical (unpaired) electrons. The normalized spacial score (nSPS) is 31.4. The van der Waals surface area contributed by atoms with Crippen molar-refractivity contribution >= 4 is 34.6 Å². The fraction of sp³-hybridized carbons (Fsp3) is 0.346. The molecule has 3 aliphatic carbocycles. The second-order valence-corrected chi connectivity index (χ2v) is 10.9. The first-order valence-electron chi connectivity index (χ1n) is 11.6. The lowest BCUT2D eigenvalue weighted by Gasteiger charge is -2.53. The third-order valence-corrected chi connectivity index (χ3v) is 8.82. The second kappa shape index (κ2) is 8.25. The molecule has 0 aliphatic heterocycles. The van der Waals surface area contributed by atoms with Gasteiger partial charge in [-0.3, -0.25) is 19.3 Å². The van der Waals surface area contributed by atoms with Gasteiger partial charge in [-0.2, -0.15) is 0 Å². The highest BCUT2D eigenvalue weighted by molar-refractivity contribution is 7.13. The summed E-state index contributed by atoms with van der Waals surface area (Å²) in [6, 6.07) is 5.57. The van der Waals surface area contributed by atoms with Gasteiger partial charge in [0.2, 0.25) is 5.78 Å². The van der Waals surface area contributed by atoms with Crippen LogP contribution in [0, 0.1) is 11.8 Å². The van der Waals surface area contributed by atoms with Crippen LogP contribution in [-0.4, -0.2) is 79.7 Å². The summed E-state index contributed by atoms with van der Waals surface area (Å²) >= 11 is 1.36. The fourth-order valence-electron chi connectivity index (χ4n) is 6.25. The number of Topliss-reactive ketones (excluding diaryl/α,β-unsaturated/α-hetero) is 2. The lowest BCUT2D eigenvalue weighted by molar-refractivity contribution is -0.169. The monoisotopic (exact) mass is 526 g/mol. The van der Waals surface area contributed by atoms with E-state index in [9.17, 15) is 39.9 Å². The van der Waals surface area contributed by atoms with Crippen LogP contribution < -0.4 is 5.73 Å². The topological polar surface area (TPSA) is 182 Å². The highest BCUT2D eigenvalue weighted by Gasteiger charge is 2.68. The van der Waals surface area contributed by atoms with E-state index in [0.717, 1.165) is 0 Å². The number of nitrogens with two attached hydrogens (primary N) is 1. The van der Waals surface area contributed by atoms with Gasteiger partial charge in [-0.05, 0) is 43.1 Å². The van der Waals surface area contributed by atoms with Gasteiger partial charge in [0.05, 0.1) is 23.6 Å². The van der Waals surface area contributed by atoms with Crippen LogP contribution in [0.5, 0.6) is 5.75 Å². The van der Waals surface area contributed by atoms with Crippen molar-refractivity contribution < 1.29 is 39.9 Å². The number of carbonyl (C=O) groups excluding carboxylic acids is 3. The summed E-state index contributed by atoms with van der Waals surface area (Å²) < 4.78 is 0. The van der Waals surface area contributed by atoms with Crippen LogP contribution >= 0.6 is 11.3 Å². The lowest BCUT2D eigenvalue weighted by atomic mass is 9.54. The van der Waals surface area contributed by atoms with E-state index >= 15 is 0 Å². The molecular weight excluding hydrogens is 500 g/mol. The summed E-state index contributed by atoms with van der Waals surface area (Å²) in [5, 5.41) is 58.6. The number of benzene rings is 1. The number of fused-ring (bicyclic) bond motifs is 3. The predicted octanol–water partition coefficient (Wildman–Crippen LogP) is 1.22. The number of ketones is 2. The number of hydrogen-bond acceptors (Lipinski definition) is 10. The Morgan fingerprint density at radius 2 is 1.81 bits per heavy atom. The summed E-state index contributed by atoms with van der Waals surface area (Å²) in [4.78, 5) is 41.3. The van der Waals surface area contributed by atoms with Crippen molar-refractivity contribution in [3.63, 3.8) is 0 Å². The Morgan fingerprint density at radius 3 is 2.38 bits per heavy atom. The molecule has 1 fully saturated rings. The van der Waals surface area contributed by atoms with Crippen LogP contribution in [0.4, 0.5) is 0 Å². The maximum Gasteiger partial charge on any atom is 0.255 e. The van der Waals surface area contributed by atoms with E-state index < -0.39 is 75.6 Å². The number of nitrogens with zero attached hydrogens (tertiary/aromatic N) is 1. The standard InChI is InChI=1S/C26H26N2O8S/c1-9-10-6-7-11(12-5-4-8-37-12)19(29)14(10)20(30)15-13(9)21(31)17-18(28(2)3)22(32)16(25(27)35)24(34)26(17,36)23(15)33/h4-9,13,17-18,21,29-31,34,36H,1-3H3,(H2,27,35)/t9-,13+,17+,18-,21-,26-/m1/s1. The van der Waals surface area contributed by atoms with Crippen molar-refractivity contribution in [3.8, 4) is 16.2 Å². The molecule has 10 nitrogen and oxygen atoms in total. The molecule has 1 aromatic heterocycles. The molecule has 3 aliphatic rings. The number of hydrogen-bond donors (Lipinski definition) is 6. The third kappa shape index (κ3) is 3.11. The summed E-state index contributed by atoms with van der Waals surface area (Å²) in [5.41, 5.74) is 1.90. The first kappa shape index (κ1) is 25.2. The summed E-state index contributed by atoms with van der Waals surface area (Å²) in [6.45, 7) is 1.70. The number of aliphatic hydroxyl groups excluding tert-OH is 3. The smallest absolute Gasteiger partial charge is 0.255 e. The van der Waals surface area contributed by atoms with E-state index in [1.807, 2.05) is 5.38 Å². The molecule has 37 heavy (non-hydrogen) atoms. The van der Waals surface area contributed by atoms with Crippen LogP contribution in [0.1, 0.15) is 24.0 Å². The number of primary amides is 1. The van der Waals surface area contributed by atoms with Crippen molar-refractivity contribution in [2.24, 2.45) is 17.6 Å². The van der Waals surface area contributed by atoms with E-state index in [-0.39, 0.29) is 11.3 Å². The first-order valence-corrected chi connectivity index (χ1v) is 12.5. The number of phenols is 1. The number of phenolic OH excluding ortho intramolecular Hbond substituents is 1. The number of aliphatic hydroxyl groups is 4. The van der Waals surface area contributed by atoms with Crippen molar-refractivity contribution in [2.45, 2.75) is 30.6 Å². The fourth-order valence-corrected chi connectivity index (χ4v) is 7.00. The number of aromatic hydroxyl groups is 1. The zero-order valence-electron chi connectivity index (χ0n) is 20.2. The molecule has 1 saturated carbocycles. The molecule has 1 amide bonds. The molecule has 1 aromatic carbocycles. The number of likely N-dealkylation sites (N-methyl/N-ethyl adjacent to an activating group) is 1. The maximum absolute atomic E-state index is 14.0. The first-order chi connectivity index (χ1) is 17.3. The lowest BCUT2D eigenvalue weighted by Crippen LogP contribution is -2.70. The SMILES string of the molecule is C[C@@H]1c2ccc(-c3cccs3)c(O)c2C(O)=C2C(=O)[C@@]3(O)C(O)=C(C(N)=O)C(=O)[C@H](N(C)C)[C@H]3[C@H](O)[C@H]21. The van der Waals surface area contributed by atoms with Crippen molar-refractivity contribution in [3.05, 3.63) is 57.7 Å². The highest BCUT2D eigenvalue weighted by atomic mass is 32.1. The predicted molar refractivity (Wildman–Crippen MR) is 134 cm³/mol. The number of rotatable bonds is 3. The maximum atomic E-state index is 14.0. The molecule has 11 heteroatoms. The Kier molecular flexibility index (Phi) is 5.61. The van der Waals surface area contributed by atoms with Gasteiger partial charge in [-0.25, -0.2) is 0 Å². The van der Waals surface area contributed by atoms with Crippen LogP contribution in [-0.2, 0) is 14.4 Å². The van der Waals surface area contributed by atoms with Gasteiger partial charge < -0.3 is 31.3 Å². The summed E-state index contributed by atoms with van der Waals surface area (Å²) in [5.74, 6) is -8.96. The minimum absolute atomic E-state index is 0.0260. The summed E-state index contributed by atoms with van der Waals surface area (Å²) in [6.07, 6.45) is -1.62. The van der Waals surface area contributed by atoms with Crippen molar-refractivity contribution in [2.75, 3.05) is 14.1 Å². The van der Waals surface area contributed by atoms with Gasteiger partial charge in [0.25, 0.3) is 5.91 Å². The second-order valence-electron chi connectivity index (χ2n) is 9.95. The highest BCUT2D eigenvalue weighted by Crippen LogP contribution is 2.57. The van der Waals surface area contributed by atoms with Gasteiger partial charge in [-0.1, -0.05) is 19.1 Å². The Balaban J connectivity index is 1.80. The van der Waals surface area contributed by atoms with Gasteiger partial charge in [0.15, 0.2) is 11.4 Å². The molecule has 0 bridgehead atoms.